The number of hydrogen-bond acceptors (Lipinski definition) is 3. The zero-order chi connectivity index (χ0) is 14.8. The maximum Gasteiger partial charge on any atom is 0.115 e. The maximum atomic E-state index is 10.4. The summed E-state index contributed by atoms with van der Waals surface area (Å²) in [5.74, 6) is 1.88. The number of rotatable bonds is 0. The summed E-state index contributed by atoms with van der Waals surface area (Å²) >= 11 is 0. The molecule has 21 heavy (non-hydrogen) atoms. The van der Waals surface area contributed by atoms with E-state index >= 15 is 0 Å². The number of aryl methyl sites for hydroxylation is 1. The van der Waals surface area contributed by atoms with Gasteiger partial charge in [-0.1, -0.05) is 13.0 Å². The van der Waals surface area contributed by atoms with Gasteiger partial charge in [0.2, 0.25) is 0 Å². The van der Waals surface area contributed by atoms with Crippen molar-refractivity contribution in [2.24, 2.45) is 17.3 Å². The molecular formula is C18H24O3. The van der Waals surface area contributed by atoms with Crippen LogP contribution in [-0.4, -0.2) is 27.5 Å². The van der Waals surface area contributed by atoms with Gasteiger partial charge < -0.3 is 15.3 Å². The molecule has 1 aromatic carbocycles. The monoisotopic (exact) mass is 288 g/mol. The smallest absolute Gasteiger partial charge is 0.115 e. The van der Waals surface area contributed by atoms with Crippen LogP contribution >= 0.6 is 0 Å². The van der Waals surface area contributed by atoms with Crippen molar-refractivity contribution in [3.8, 4) is 5.75 Å². The second-order valence-corrected chi connectivity index (χ2v) is 7.59. The summed E-state index contributed by atoms with van der Waals surface area (Å²) < 4.78 is 0. The van der Waals surface area contributed by atoms with Crippen molar-refractivity contribution in [3.05, 3.63) is 29.3 Å². The molecule has 2 saturated carbocycles. The van der Waals surface area contributed by atoms with E-state index in [1.54, 1.807) is 6.07 Å². The van der Waals surface area contributed by atoms with Gasteiger partial charge in [-0.05, 0) is 78.5 Å². The molecule has 0 aromatic heterocycles. The molecule has 3 aliphatic carbocycles. The fourth-order valence-corrected chi connectivity index (χ4v) is 5.56. The Kier molecular flexibility index (Phi) is 2.89. The van der Waals surface area contributed by atoms with Crippen LogP contribution in [0.4, 0.5) is 0 Å². The van der Waals surface area contributed by atoms with Crippen molar-refractivity contribution in [1.82, 2.24) is 0 Å². The lowest BCUT2D eigenvalue weighted by atomic mass is 9.55. The highest BCUT2D eigenvalue weighted by atomic mass is 16.3. The van der Waals surface area contributed by atoms with Crippen LogP contribution < -0.4 is 0 Å². The summed E-state index contributed by atoms with van der Waals surface area (Å²) in [7, 11) is 0. The first kappa shape index (κ1) is 13.6. The Bertz CT molecular complexity index is 570. The molecular weight excluding hydrogens is 264 g/mol. The third kappa shape index (κ3) is 1.80. The Hall–Kier alpha value is -1.06. The molecule has 0 saturated heterocycles. The summed E-state index contributed by atoms with van der Waals surface area (Å²) in [5, 5.41) is 30.2. The van der Waals surface area contributed by atoms with E-state index in [1.165, 1.54) is 11.1 Å². The molecule has 4 rings (SSSR count). The van der Waals surface area contributed by atoms with Crippen molar-refractivity contribution in [2.75, 3.05) is 0 Å². The summed E-state index contributed by atoms with van der Waals surface area (Å²) in [4.78, 5) is 0. The number of fused-ring (bicyclic) bond motifs is 5. The van der Waals surface area contributed by atoms with Crippen molar-refractivity contribution in [1.29, 1.82) is 0 Å². The molecule has 0 aliphatic heterocycles. The minimum absolute atomic E-state index is 0.116. The van der Waals surface area contributed by atoms with Gasteiger partial charge in [-0.3, -0.25) is 0 Å². The lowest BCUT2D eigenvalue weighted by Gasteiger charge is -2.49. The fourth-order valence-electron chi connectivity index (χ4n) is 5.56. The molecule has 2 fully saturated rings. The van der Waals surface area contributed by atoms with E-state index in [1.807, 2.05) is 6.07 Å². The third-order valence-corrected chi connectivity index (χ3v) is 6.68. The van der Waals surface area contributed by atoms with Crippen molar-refractivity contribution >= 4 is 0 Å². The van der Waals surface area contributed by atoms with Gasteiger partial charge in [0.1, 0.15) is 5.75 Å². The van der Waals surface area contributed by atoms with Gasteiger partial charge in [-0.2, -0.15) is 0 Å². The van der Waals surface area contributed by atoms with Gasteiger partial charge in [0, 0.05) is 0 Å². The van der Waals surface area contributed by atoms with E-state index in [0.717, 1.165) is 32.1 Å². The SMILES string of the molecule is C[C@@]12CC[C@H]3c4ccc(O)cc4CC[C@@H]3[C@H]1C[C@H](O)[C@@H]2O. The number of phenols is 1. The average molecular weight is 288 g/mol. The second-order valence-electron chi connectivity index (χ2n) is 7.59. The van der Waals surface area contributed by atoms with Crippen LogP contribution in [0.2, 0.25) is 0 Å². The molecule has 0 radical (unpaired) electrons. The van der Waals surface area contributed by atoms with Crippen LogP contribution in [0.3, 0.4) is 0 Å². The first-order valence-electron chi connectivity index (χ1n) is 8.18. The van der Waals surface area contributed by atoms with Crippen LogP contribution in [0, 0.1) is 17.3 Å². The quantitative estimate of drug-likeness (QED) is 0.687. The minimum atomic E-state index is -0.565. The highest BCUT2D eigenvalue weighted by Gasteiger charge is 2.57. The molecule has 1 aromatic rings. The van der Waals surface area contributed by atoms with E-state index in [9.17, 15) is 15.3 Å². The summed E-state index contributed by atoms with van der Waals surface area (Å²) in [6.07, 6.45) is 3.80. The number of aromatic hydroxyl groups is 1. The lowest BCUT2D eigenvalue weighted by Crippen LogP contribution is -2.44. The number of aliphatic hydroxyl groups excluding tert-OH is 2. The Morgan fingerprint density at radius 1 is 1.19 bits per heavy atom. The highest BCUT2D eigenvalue weighted by molar-refractivity contribution is 5.40. The molecule has 3 heteroatoms. The van der Waals surface area contributed by atoms with Gasteiger partial charge in [-0.25, -0.2) is 0 Å². The molecule has 3 N–H and O–H groups in total. The number of aliphatic hydroxyl groups is 2. The summed E-state index contributed by atoms with van der Waals surface area (Å²) in [6.45, 7) is 2.17. The molecule has 3 nitrogen and oxygen atoms in total. The fraction of sp³-hybridized carbons (Fsp3) is 0.667. The van der Waals surface area contributed by atoms with Crippen molar-refractivity contribution in [2.45, 2.75) is 57.2 Å². The van der Waals surface area contributed by atoms with E-state index < -0.39 is 12.2 Å². The van der Waals surface area contributed by atoms with E-state index in [2.05, 4.69) is 13.0 Å². The van der Waals surface area contributed by atoms with E-state index in [4.69, 9.17) is 0 Å². The van der Waals surface area contributed by atoms with Crippen LogP contribution in [0.25, 0.3) is 0 Å². The molecule has 0 unspecified atom stereocenters. The first-order valence-corrected chi connectivity index (χ1v) is 8.18. The summed E-state index contributed by atoms with van der Waals surface area (Å²) in [5.41, 5.74) is 2.57. The third-order valence-electron chi connectivity index (χ3n) is 6.68. The van der Waals surface area contributed by atoms with Gasteiger partial charge in [0.15, 0.2) is 0 Å². The lowest BCUT2D eigenvalue weighted by molar-refractivity contribution is -0.0505. The molecule has 0 amide bonds. The standard InChI is InChI=1S/C18H24O3/c1-18-7-6-13-12-5-3-11(19)8-10(12)2-4-14(13)15(18)9-16(20)17(18)21/h3,5,8,13-17,19-21H,2,4,6-7,9H2,1H3/t13-,14-,15+,16-,17-,18+/m0/s1. The highest BCUT2D eigenvalue weighted by Crippen LogP contribution is 2.60. The normalized spacial score (nSPS) is 44.8. The van der Waals surface area contributed by atoms with Crippen molar-refractivity contribution in [3.63, 3.8) is 0 Å². The Morgan fingerprint density at radius 3 is 2.81 bits per heavy atom. The Morgan fingerprint density at radius 2 is 2.00 bits per heavy atom. The van der Waals surface area contributed by atoms with Crippen LogP contribution in [0.5, 0.6) is 5.75 Å². The number of hydrogen-bond donors (Lipinski definition) is 3. The topological polar surface area (TPSA) is 60.7 Å². The van der Waals surface area contributed by atoms with Gasteiger partial charge in [-0.15, -0.1) is 0 Å². The Labute approximate surface area is 125 Å². The molecule has 6 atom stereocenters. The molecule has 114 valence electrons. The molecule has 0 bridgehead atoms. The predicted octanol–water partition coefficient (Wildman–Crippen LogP) is 2.58. The predicted molar refractivity (Wildman–Crippen MR) is 80.1 cm³/mol. The zero-order valence-corrected chi connectivity index (χ0v) is 12.5. The van der Waals surface area contributed by atoms with Crippen LogP contribution in [0.1, 0.15) is 49.7 Å². The Balaban J connectivity index is 1.71. The van der Waals surface area contributed by atoms with Crippen molar-refractivity contribution < 1.29 is 15.3 Å². The van der Waals surface area contributed by atoms with Gasteiger partial charge in [0.25, 0.3) is 0 Å². The molecule has 3 aliphatic rings. The maximum absolute atomic E-state index is 10.4. The second kappa shape index (κ2) is 4.47. The number of benzene rings is 1. The van der Waals surface area contributed by atoms with E-state index in [-0.39, 0.29) is 5.41 Å². The zero-order valence-electron chi connectivity index (χ0n) is 12.5. The minimum Gasteiger partial charge on any atom is -0.508 e. The number of phenolic OH excluding ortho intramolecular Hbond substituents is 1. The van der Waals surface area contributed by atoms with Gasteiger partial charge >= 0.3 is 0 Å². The molecule has 0 heterocycles. The van der Waals surface area contributed by atoms with Crippen LogP contribution in [0.15, 0.2) is 18.2 Å². The van der Waals surface area contributed by atoms with Gasteiger partial charge in [0.05, 0.1) is 12.2 Å². The van der Waals surface area contributed by atoms with Crippen LogP contribution in [-0.2, 0) is 6.42 Å². The largest absolute Gasteiger partial charge is 0.508 e. The first-order chi connectivity index (χ1) is 10.0. The average Bonchev–Trinajstić information content (AvgIpc) is 2.70. The summed E-state index contributed by atoms with van der Waals surface area (Å²) in [6, 6.07) is 5.80. The molecule has 0 spiro atoms. The van der Waals surface area contributed by atoms with E-state index in [0.29, 0.717) is 23.5 Å².